The Kier molecular flexibility index (Phi) is 6.67. The summed E-state index contributed by atoms with van der Waals surface area (Å²) in [7, 11) is 0. The van der Waals surface area contributed by atoms with E-state index < -0.39 is 36.1 Å². The number of hydrogen-bond acceptors (Lipinski definition) is 6. The van der Waals surface area contributed by atoms with Gasteiger partial charge in [0.05, 0.1) is 6.61 Å². The van der Waals surface area contributed by atoms with E-state index in [0.717, 1.165) is 0 Å². The molecule has 3 aromatic carbocycles. The summed E-state index contributed by atoms with van der Waals surface area (Å²) in [5.41, 5.74) is -4.60. The Bertz CT molecular complexity index is 920. The van der Waals surface area contributed by atoms with Crippen LogP contribution in [0.2, 0.25) is 0 Å². The van der Waals surface area contributed by atoms with Gasteiger partial charge in [-0.3, -0.25) is 0 Å². The zero-order valence-electron chi connectivity index (χ0n) is 16.3. The van der Waals surface area contributed by atoms with Crippen LogP contribution >= 0.6 is 0 Å². The topological polar surface area (TPSA) is 121 Å². The number of rotatable bonds is 8. The highest BCUT2D eigenvalue weighted by atomic mass is 16.4. The van der Waals surface area contributed by atoms with E-state index in [2.05, 4.69) is 0 Å². The van der Waals surface area contributed by atoms with Gasteiger partial charge >= 0.3 is 0 Å². The molecule has 5 atom stereocenters. The second-order valence-corrected chi connectivity index (χ2v) is 7.27. The Hall–Kier alpha value is -2.58. The predicted molar refractivity (Wildman–Crippen MR) is 111 cm³/mol. The number of aliphatic hydroxyl groups excluding tert-OH is 4. The SMILES string of the molecule is OC[C@@H](O)[C@@H](O)[C@](O)(c1ccccc1)[C@@](O)(c1ccccc1)C(O)c1ccccc1. The first kappa shape index (κ1) is 22.1. The molecule has 0 fully saturated rings. The van der Waals surface area contributed by atoms with Gasteiger partial charge in [-0.15, -0.1) is 0 Å². The largest absolute Gasteiger partial charge is 0.394 e. The van der Waals surface area contributed by atoms with Gasteiger partial charge in [-0.2, -0.15) is 0 Å². The highest BCUT2D eigenvalue weighted by Crippen LogP contribution is 2.51. The standard InChI is InChI=1S/C24H26O6/c25-16-20(26)22(28)24(30,19-14-8-3-9-15-19)23(29,18-12-6-2-7-13-18)21(27)17-10-4-1-5-11-17/h1-15,20-22,25-30H,16H2/t20-,21?,22-,23-,24-/m1/s1. The van der Waals surface area contributed by atoms with Gasteiger partial charge in [-0.1, -0.05) is 91.0 Å². The van der Waals surface area contributed by atoms with Crippen LogP contribution in [0.1, 0.15) is 22.8 Å². The molecule has 0 aromatic heterocycles. The predicted octanol–water partition coefficient (Wildman–Crippen LogP) is 1.21. The molecule has 3 aromatic rings. The molecule has 0 spiro atoms. The fourth-order valence-electron chi connectivity index (χ4n) is 3.84. The third kappa shape index (κ3) is 3.65. The minimum Gasteiger partial charge on any atom is -0.394 e. The molecule has 6 nitrogen and oxygen atoms in total. The maximum Gasteiger partial charge on any atom is 0.155 e. The first-order chi connectivity index (χ1) is 14.4. The minimum absolute atomic E-state index is 0.0614. The molecule has 0 bridgehead atoms. The lowest BCUT2D eigenvalue weighted by atomic mass is 9.65. The van der Waals surface area contributed by atoms with Crippen LogP contribution in [0, 0.1) is 0 Å². The molecule has 0 amide bonds. The monoisotopic (exact) mass is 410 g/mol. The summed E-state index contributed by atoms with van der Waals surface area (Å²) < 4.78 is 0. The van der Waals surface area contributed by atoms with Crippen LogP contribution in [0.15, 0.2) is 91.0 Å². The maximum atomic E-state index is 12.0. The van der Waals surface area contributed by atoms with Crippen LogP contribution in [0.3, 0.4) is 0 Å². The van der Waals surface area contributed by atoms with Gasteiger partial charge in [-0.25, -0.2) is 0 Å². The second-order valence-electron chi connectivity index (χ2n) is 7.27. The number of benzene rings is 3. The van der Waals surface area contributed by atoms with Crippen LogP contribution < -0.4 is 0 Å². The Balaban J connectivity index is 2.33. The Morgan fingerprint density at radius 3 is 1.43 bits per heavy atom. The number of hydrogen-bond donors (Lipinski definition) is 6. The summed E-state index contributed by atoms with van der Waals surface area (Å²) >= 11 is 0. The van der Waals surface area contributed by atoms with Crippen molar-refractivity contribution >= 4 is 0 Å². The first-order valence-corrected chi connectivity index (χ1v) is 9.63. The fraction of sp³-hybridized carbons (Fsp3) is 0.250. The van der Waals surface area contributed by atoms with Crippen molar-refractivity contribution < 1.29 is 30.6 Å². The van der Waals surface area contributed by atoms with Crippen LogP contribution in [0.5, 0.6) is 0 Å². The van der Waals surface area contributed by atoms with E-state index >= 15 is 0 Å². The molecule has 6 heteroatoms. The molecular formula is C24H26O6. The van der Waals surface area contributed by atoms with Crippen LogP contribution in [0.4, 0.5) is 0 Å². The van der Waals surface area contributed by atoms with Crippen molar-refractivity contribution in [2.45, 2.75) is 29.5 Å². The van der Waals surface area contributed by atoms with Gasteiger partial charge < -0.3 is 30.6 Å². The van der Waals surface area contributed by atoms with Crippen molar-refractivity contribution in [3.63, 3.8) is 0 Å². The summed E-state index contributed by atoms with van der Waals surface area (Å²) in [4.78, 5) is 0. The summed E-state index contributed by atoms with van der Waals surface area (Å²) in [6.45, 7) is -0.859. The van der Waals surface area contributed by atoms with Crippen molar-refractivity contribution in [2.75, 3.05) is 6.61 Å². The van der Waals surface area contributed by atoms with Crippen molar-refractivity contribution in [3.8, 4) is 0 Å². The number of aliphatic hydroxyl groups is 6. The van der Waals surface area contributed by atoms with E-state index in [-0.39, 0.29) is 11.1 Å². The molecule has 30 heavy (non-hydrogen) atoms. The van der Waals surface area contributed by atoms with Crippen molar-refractivity contribution in [2.24, 2.45) is 0 Å². The average molecular weight is 410 g/mol. The van der Waals surface area contributed by atoms with E-state index in [1.807, 2.05) is 0 Å². The molecule has 0 aliphatic carbocycles. The molecule has 6 N–H and O–H groups in total. The van der Waals surface area contributed by atoms with Crippen molar-refractivity contribution in [1.82, 2.24) is 0 Å². The summed E-state index contributed by atoms with van der Waals surface area (Å²) in [6, 6.07) is 24.0. The van der Waals surface area contributed by atoms with Gasteiger partial charge in [0.1, 0.15) is 18.3 Å². The third-order valence-corrected chi connectivity index (χ3v) is 5.50. The normalized spacial score (nSPS) is 18.6. The Morgan fingerprint density at radius 2 is 1.00 bits per heavy atom. The third-order valence-electron chi connectivity index (χ3n) is 5.50. The maximum absolute atomic E-state index is 12.0. The zero-order valence-corrected chi connectivity index (χ0v) is 16.3. The van der Waals surface area contributed by atoms with Crippen molar-refractivity contribution in [1.29, 1.82) is 0 Å². The molecule has 0 heterocycles. The highest BCUT2D eigenvalue weighted by Gasteiger charge is 2.61. The van der Waals surface area contributed by atoms with Crippen LogP contribution in [-0.2, 0) is 11.2 Å². The lowest BCUT2D eigenvalue weighted by molar-refractivity contribution is -0.272. The quantitative estimate of drug-likeness (QED) is 0.332. The molecule has 0 radical (unpaired) electrons. The molecule has 1 unspecified atom stereocenters. The van der Waals surface area contributed by atoms with Crippen molar-refractivity contribution in [3.05, 3.63) is 108 Å². The Morgan fingerprint density at radius 1 is 0.600 bits per heavy atom. The van der Waals surface area contributed by atoms with E-state index in [4.69, 9.17) is 0 Å². The zero-order chi connectivity index (χ0) is 21.8. The minimum atomic E-state index is -2.59. The summed E-state index contributed by atoms with van der Waals surface area (Å²) in [5.74, 6) is 0. The molecule has 3 rings (SSSR count). The summed E-state index contributed by atoms with van der Waals surface area (Å²) in [5, 5.41) is 65.9. The lowest BCUT2D eigenvalue weighted by Gasteiger charge is -2.50. The van der Waals surface area contributed by atoms with Gasteiger partial charge in [0.25, 0.3) is 0 Å². The van der Waals surface area contributed by atoms with Crippen LogP contribution in [-0.4, -0.2) is 49.5 Å². The molecule has 0 saturated carbocycles. The van der Waals surface area contributed by atoms with E-state index in [1.54, 1.807) is 66.7 Å². The molecule has 0 aliphatic heterocycles. The van der Waals surface area contributed by atoms with Gasteiger partial charge in [0, 0.05) is 0 Å². The van der Waals surface area contributed by atoms with Crippen LogP contribution in [0.25, 0.3) is 0 Å². The first-order valence-electron chi connectivity index (χ1n) is 9.63. The molecule has 158 valence electrons. The van der Waals surface area contributed by atoms with E-state index in [0.29, 0.717) is 5.56 Å². The van der Waals surface area contributed by atoms with Gasteiger partial charge in [-0.05, 0) is 16.7 Å². The summed E-state index contributed by atoms with van der Waals surface area (Å²) in [6.07, 6.45) is -5.51. The average Bonchev–Trinajstić information content (AvgIpc) is 2.83. The molecular weight excluding hydrogens is 384 g/mol. The lowest BCUT2D eigenvalue weighted by Crippen LogP contribution is -2.62. The van der Waals surface area contributed by atoms with E-state index in [9.17, 15) is 30.6 Å². The Labute approximate surface area is 175 Å². The van der Waals surface area contributed by atoms with E-state index in [1.165, 1.54) is 24.3 Å². The highest BCUT2D eigenvalue weighted by molar-refractivity contribution is 5.39. The molecule has 0 aliphatic rings. The fourth-order valence-corrected chi connectivity index (χ4v) is 3.84. The second kappa shape index (κ2) is 9.06. The van der Waals surface area contributed by atoms with Gasteiger partial charge in [0.15, 0.2) is 11.2 Å². The van der Waals surface area contributed by atoms with Gasteiger partial charge in [0.2, 0.25) is 0 Å². The molecule has 0 saturated heterocycles. The smallest absolute Gasteiger partial charge is 0.155 e.